The van der Waals surface area contributed by atoms with Gasteiger partial charge in [-0.1, -0.05) is 40.2 Å². The van der Waals surface area contributed by atoms with Gasteiger partial charge >= 0.3 is 6.03 Å². The Morgan fingerprint density at radius 2 is 2.08 bits per heavy atom. The summed E-state index contributed by atoms with van der Waals surface area (Å²) >= 11 is 3.50. The molecule has 1 atom stereocenters. The molecule has 3 aromatic rings. The van der Waals surface area contributed by atoms with Gasteiger partial charge < -0.3 is 15.6 Å². The number of benzene rings is 2. The number of aromatic nitrogens is 1. The molecule has 3 N–H and O–H groups in total. The van der Waals surface area contributed by atoms with E-state index in [1.165, 1.54) is 11.1 Å². The van der Waals surface area contributed by atoms with Crippen molar-refractivity contribution in [1.82, 2.24) is 15.6 Å². The first-order chi connectivity index (χ1) is 11.7. The number of fused-ring (bicyclic) bond motifs is 2. The summed E-state index contributed by atoms with van der Waals surface area (Å²) in [7, 11) is 0. The Kier molecular flexibility index (Phi) is 4.02. The van der Waals surface area contributed by atoms with Crippen molar-refractivity contribution in [1.29, 1.82) is 0 Å². The maximum Gasteiger partial charge on any atom is 0.315 e. The van der Waals surface area contributed by atoms with Gasteiger partial charge in [-0.3, -0.25) is 0 Å². The zero-order valence-corrected chi connectivity index (χ0v) is 14.7. The average molecular weight is 384 g/mol. The maximum absolute atomic E-state index is 12.2. The molecule has 4 rings (SSSR count). The van der Waals surface area contributed by atoms with Gasteiger partial charge in [0.25, 0.3) is 0 Å². The van der Waals surface area contributed by atoms with Crippen molar-refractivity contribution >= 4 is 32.9 Å². The molecule has 122 valence electrons. The van der Waals surface area contributed by atoms with Crippen LogP contribution in [-0.2, 0) is 13.0 Å². The molecule has 0 radical (unpaired) electrons. The Morgan fingerprint density at radius 3 is 2.96 bits per heavy atom. The lowest BCUT2D eigenvalue weighted by molar-refractivity contribution is 0.236. The first kappa shape index (κ1) is 15.3. The summed E-state index contributed by atoms with van der Waals surface area (Å²) in [6, 6.07) is 16.4. The summed E-state index contributed by atoms with van der Waals surface area (Å²) in [5, 5.41) is 7.18. The van der Waals surface area contributed by atoms with Gasteiger partial charge in [-0.15, -0.1) is 0 Å². The molecule has 4 nitrogen and oxygen atoms in total. The van der Waals surface area contributed by atoms with Crippen LogP contribution in [0.15, 0.2) is 53.0 Å². The SMILES string of the molecule is O=C(NCc1cc2ccccc2[nH]1)NC1CCc2cc(Br)ccc21. The van der Waals surface area contributed by atoms with E-state index in [1.807, 2.05) is 24.3 Å². The van der Waals surface area contributed by atoms with Crippen LogP contribution in [-0.4, -0.2) is 11.0 Å². The minimum atomic E-state index is -0.130. The summed E-state index contributed by atoms with van der Waals surface area (Å²) in [6.45, 7) is 0.487. The van der Waals surface area contributed by atoms with E-state index in [1.54, 1.807) is 0 Å². The standard InChI is InChI=1S/C19H18BrN3O/c20-14-6-7-16-12(9-14)5-8-18(16)23-19(24)21-11-15-10-13-3-1-2-4-17(13)22-15/h1-4,6-7,9-10,18,22H,5,8,11H2,(H2,21,23,24). The van der Waals surface area contributed by atoms with Gasteiger partial charge in [0.2, 0.25) is 0 Å². The molecule has 24 heavy (non-hydrogen) atoms. The smallest absolute Gasteiger partial charge is 0.315 e. The van der Waals surface area contributed by atoms with Gasteiger partial charge in [-0.25, -0.2) is 4.79 Å². The molecule has 0 spiro atoms. The van der Waals surface area contributed by atoms with Crippen LogP contribution in [0.2, 0.25) is 0 Å². The number of aromatic amines is 1. The molecule has 1 unspecified atom stereocenters. The van der Waals surface area contributed by atoms with E-state index in [2.05, 4.69) is 55.8 Å². The third-order valence-electron chi connectivity index (χ3n) is 4.51. The number of H-pyrrole nitrogens is 1. The molecular formula is C19H18BrN3O. The highest BCUT2D eigenvalue weighted by Crippen LogP contribution is 2.32. The molecule has 5 heteroatoms. The quantitative estimate of drug-likeness (QED) is 0.615. The predicted octanol–water partition coefficient (Wildman–Crippen LogP) is 4.42. The lowest BCUT2D eigenvalue weighted by Gasteiger charge is -2.14. The molecular weight excluding hydrogens is 366 g/mol. The Labute approximate surface area is 148 Å². The molecule has 0 saturated heterocycles. The van der Waals surface area contributed by atoms with Crippen molar-refractivity contribution in [3.05, 3.63) is 69.8 Å². The lowest BCUT2D eigenvalue weighted by Crippen LogP contribution is -2.37. The monoisotopic (exact) mass is 383 g/mol. The number of nitrogens with one attached hydrogen (secondary N) is 3. The third-order valence-corrected chi connectivity index (χ3v) is 5.01. The van der Waals surface area contributed by atoms with E-state index in [9.17, 15) is 4.79 Å². The second kappa shape index (κ2) is 6.32. The predicted molar refractivity (Wildman–Crippen MR) is 98.9 cm³/mol. The van der Waals surface area contributed by atoms with Crippen molar-refractivity contribution in [3.8, 4) is 0 Å². The fourth-order valence-corrected chi connectivity index (χ4v) is 3.76. The van der Waals surface area contributed by atoms with Crippen LogP contribution in [0.4, 0.5) is 4.79 Å². The molecule has 0 bridgehead atoms. The molecule has 0 aliphatic heterocycles. The van der Waals surface area contributed by atoms with Gasteiger partial charge in [0, 0.05) is 15.7 Å². The Balaban J connectivity index is 1.37. The number of carbonyl (C=O) groups is 1. The normalized spacial score (nSPS) is 16.1. The largest absolute Gasteiger partial charge is 0.357 e. The number of carbonyl (C=O) groups excluding carboxylic acids is 1. The first-order valence-corrected chi connectivity index (χ1v) is 8.88. The molecule has 0 fully saturated rings. The Hall–Kier alpha value is -2.27. The van der Waals surface area contributed by atoms with Crippen molar-refractivity contribution in [2.24, 2.45) is 0 Å². The number of hydrogen-bond donors (Lipinski definition) is 3. The van der Waals surface area contributed by atoms with Crippen LogP contribution in [0.1, 0.15) is 29.3 Å². The van der Waals surface area contributed by atoms with Crippen LogP contribution >= 0.6 is 15.9 Å². The Bertz CT molecular complexity index is 870. The molecule has 2 aromatic carbocycles. The second-order valence-corrected chi connectivity index (χ2v) is 7.06. The van der Waals surface area contributed by atoms with Gasteiger partial charge in [-0.2, -0.15) is 0 Å². The van der Waals surface area contributed by atoms with E-state index < -0.39 is 0 Å². The van der Waals surface area contributed by atoms with Crippen molar-refractivity contribution in [2.75, 3.05) is 0 Å². The lowest BCUT2D eigenvalue weighted by atomic mass is 10.1. The van der Waals surface area contributed by atoms with Crippen LogP contribution in [0.5, 0.6) is 0 Å². The second-order valence-electron chi connectivity index (χ2n) is 6.14. The third kappa shape index (κ3) is 3.04. The average Bonchev–Trinajstić information content (AvgIpc) is 3.16. The fraction of sp³-hybridized carbons (Fsp3) is 0.211. The molecule has 1 heterocycles. The van der Waals surface area contributed by atoms with E-state index >= 15 is 0 Å². The van der Waals surface area contributed by atoms with Gasteiger partial charge in [-0.05, 0) is 53.6 Å². The fourth-order valence-electron chi connectivity index (χ4n) is 3.35. The number of aryl methyl sites for hydroxylation is 1. The number of para-hydroxylation sites is 1. The number of rotatable bonds is 3. The van der Waals surface area contributed by atoms with Crippen molar-refractivity contribution in [3.63, 3.8) is 0 Å². The number of amides is 2. The Morgan fingerprint density at radius 1 is 1.21 bits per heavy atom. The summed E-state index contributed by atoms with van der Waals surface area (Å²) in [5.74, 6) is 0. The van der Waals surface area contributed by atoms with Crippen molar-refractivity contribution < 1.29 is 4.79 Å². The van der Waals surface area contributed by atoms with E-state index in [0.29, 0.717) is 6.54 Å². The summed E-state index contributed by atoms with van der Waals surface area (Å²) in [6.07, 6.45) is 1.95. The van der Waals surface area contributed by atoms with Gasteiger partial charge in [0.05, 0.1) is 12.6 Å². The zero-order chi connectivity index (χ0) is 16.5. The highest BCUT2D eigenvalue weighted by Gasteiger charge is 2.23. The minimum absolute atomic E-state index is 0.0933. The highest BCUT2D eigenvalue weighted by molar-refractivity contribution is 9.10. The highest BCUT2D eigenvalue weighted by atomic mass is 79.9. The first-order valence-electron chi connectivity index (χ1n) is 8.08. The van der Waals surface area contributed by atoms with Crippen LogP contribution < -0.4 is 10.6 Å². The number of halogens is 1. The maximum atomic E-state index is 12.2. The molecule has 0 saturated carbocycles. The number of urea groups is 1. The number of hydrogen-bond acceptors (Lipinski definition) is 1. The molecule has 1 aliphatic rings. The van der Waals surface area contributed by atoms with Crippen molar-refractivity contribution in [2.45, 2.75) is 25.4 Å². The van der Waals surface area contributed by atoms with Crippen LogP contribution in [0, 0.1) is 0 Å². The molecule has 1 aliphatic carbocycles. The van der Waals surface area contributed by atoms with Gasteiger partial charge in [0.15, 0.2) is 0 Å². The molecule has 1 aromatic heterocycles. The summed E-state index contributed by atoms with van der Waals surface area (Å²) < 4.78 is 1.09. The molecule has 2 amide bonds. The van der Waals surface area contributed by atoms with E-state index in [0.717, 1.165) is 33.9 Å². The summed E-state index contributed by atoms with van der Waals surface area (Å²) in [4.78, 5) is 15.5. The topological polar surface area (TPSA) is 56.9 Å². The van der Waals surface area contributed by atoms with Gasteiger partial charge in [0.1, 0.15) is 0 Å². The van der Waals surface area contributed by atoms with E-state index in [4.69, 9.17) is 0 Å². The summed E-state index contributed by atoms with van der Waals surface area (Å²) in [5.41, 5.74) is 4.62. The van der Waals surface area contributed by atoms with E-state index in [-0.39, 0.29) is 12.1 Å². The van der Waals surface area contributed by atoms with Crippen LogP contribution in [0.25, 0.3) is 10.9 Å². The minimum Gasteiger partial charge on any atom is -0.357 e. The zero-order valence-electron chi connectivity index (χ0n) is 13.1. The van der Waals surface area contributed by atoms with Crippen LogP contribution in [0.3, 0.4) is 0 Å².